The van der Waals surface area contributed by atoms with Crippen molar-refractivity contribution in [3.8, 4) is 0 Å². The van der Waals surface area contributed by atoms with Crippen LogP contribution in [0.3, 0.4) is 0 Å². The number of nitrogens with zero attached hydrogens (tertiary/aromatic N) is 1. The second kappa shape index (κ2) is 4.29. The van der Waals surface area contributed by atoms with E-state index in [0.717, 1.165) is 6.07 Å². The molecule has 0 aliphatic carbocycles. The zero-order chi connectivity index (χ0) is 11.6. The van der Waals surface area contributed by atoms with Crippen LogP contribution in [-0.4, -0.2) is 23.9 Å². The van der Waals surface area contributed by atoms with Crippen LogP contribution in [0.15, 0.2) is 18.2 Å². The quantitative estimate of drug-likeness (QED) is 0.758. The maximum atomic E-state index is 13.4. The number of hydrogen-bond acceptors (Lipinski definition) is 2. The minimum Gasteiger partial charge on any atom is -0.399 e. The number of carbonyl (C=O) groups excluding carboxylic acids is 1. The first-order valence-electron chi connectivity index (χ1n) is 4.75. The Hall–Kier alpha value is -1.58. The first-order valence-corrected chi connectivity index (χ1v) is 4.75. The number of nitrogens with two attached hydrogens (primary N) is 1. The number of amides is 1. The summed E-state index contributed by atoms with van der Waals surface area (Å²) in [5.74, 6) is -0.907. The van der Waals surface area contributed by atoms with Crippen molar-refractivity contribution in [1.82, 2.24) is 4.90 Å². The predicted octanol–water partition coefficient (Wildman–Crippen LogP) is 1.89. The van der Waals surface area contributed by atoms with Crippen LogP contribution in [0.4, 0.5) is 10.1 Å². The predicted molar refractivity (Wildman–Crippen MR) is 58.0 cm³/mol. The van der Waals surface area contributed by atoms with Crippen molar-refractivity contribution in [3.05, 3.63) is 29.6 Å². The SMILES string of the molecule is CC(C)N(C)C(=O)c1ccc(N)cc1F. The molecule has 1 rings (SSSR count). The Kier molecular flexibility index (Phi) is 3.29. The van der Waals surface area contributed by atoms with Crippen LogP contribution in [0.1, 0.15) is 24.2 Å². The van der Waals surface area contributed by atoms with E-state index in [1.165, 1.54) is 17.0 Å². The molecular formula is C11H15FN2O. The summed E-state index contributed by atoms with van der Waals surface area (Å²) in [4.78, 5) is 13.2. The Bertz CT molecular complexity index is 377. The van der Waals surface area contributed by atoms with Crippen molar-refractivity contribution in [3.63, 3.8) is 0 Å². The van der Waals surface area contributed by atoms with Crippen LogP contribution in [0, 0.1) is 5.82 Å². The van der Waals surface area contributed by atoms with Crippen molar-refractivity contribution in [2.45, 2.75) is 19.9 Å². The number of hydrogen-bond donors (Lipinski definition) is 1. The number of benzene rings is 1. The van der Waals surface area contributed by atoms with E-state index in [1.807, 2.05) is 13.8 Å². The van der Waals surface area contributed by atoms with Gasteiger partial charge in [0, 0.05) is 18.8 Å². The van der Waals surface area contributed by atoms with E-state index in [1.54, 1.807) is 7.05 Å². The summed E-state index contributed by atoms with van der Waals surface area (Å²) in [5, 5.41) is 0. The Morgan fingerprint density at radius 3 is 2.53 bits per heavy atom. The van der Waals surface area contributed by atoms with Gasteiger partial charge in [0.05, 0.1) is 5.56 Å². The highest BCUT2D eigenvalue weighted by Crippen LogP contribution is 2.14. The van der Waals surface area contributed by atoms with Crippen LogP contribution in [0.25, 0.3) is 0 Å². The summed E-state index contributed by atoms with van der Waals surface area (Å²) >= 11 is 0. The van der Waals surface area contributed by atoms with Crippen molar-refractivity contribution in [2.24, 2.45) is 0 Å². The fraction of sp³-hybridized carbons (Fsp3) is 0.364. The highest BCUT2D eigenvalue weighted by Gasteiger charge is 2.17. The van der Waals surface area contributed by atoms with Gasteiger partial charge in [-0.2, -0.15) is 0 Å². The van der Waals surface area contributed by atoms with Crippen LogP contribution >= 0.6 is 0 Å². The van der Waals surface area contributed by atoms with Crippen LogP contribution < -0.4 is 5.73 Å². The minimum absolute atomic E-state index is 0.0365. The number of nitrogen functional groups attached to an aromatic ring is 1. The van der Waals surface area contributed by atoms with Gasteiger partial charge in [-0.05, 0) is 32.0 Å². The number of anilines is 1. The molecule has 0 heterocycles. The molecule has 1 aromatic carbocycles. The van der Waals surface area contributed by atoms with E-state index in [9.17, 15) is 9.18 Å². The molecule has 82 valence electrons. The Balaban J connectivity index is 3.01. The summed E-state index contributed by atoms with van der Waals surface area (Å²) < 4.78 is 13.4. The van der Waals surface area contributed by atoms with Gasteiger partial charge in [-0.3, -0.25) is 4.79 Å². The molecule has 0 atom stereocenters. The van der Waals surface area contributed by atoms with Gasteiger partial charge in [-0.15, -0.1) is 0 Å². The molecule has 0 aromatic heterocycles. The molecule has 0 saturated carbocycles. The summed E-state index contributed by atoms with van der Waals surface area (Å²) in [6, 6.07) is 4.12. The fourth-order valence-electron chi connectivity index (χ4n) is 1.13. The highest BCUT2D eigenvalue weighted by atomic mass is 19.1. The van der Waals surface area contributed by atoms with Crippen molar-refractivity contribution < 1.29 is 9.18 Å². The lowest BCUT2D eigenvalue weighted by atomic mass is 10.1. The van der Waals surface area contributed by atoms with E-state index >= 15 is 0 Å². The van der Waals surface area contributed by atoms with Gasteiger partial charge in [0.1, 0.15) is 5.82 Å². The number of halogens is 1. The van der Waals surface area contributed by atoms with Crippen LogP contribution in [0.2, 0.25) is 0 Å². The maximum Gasteiger partial charge on any atom is 0.256 e. The monoisotopic (exact) mass is 210 g/mol. The zero-order valence-electron chi connectivity index (χ0n) is 9.12. The Morgan fingerprint density at radius 1 is 1.47 bits per heavy atom. The van der Waals surface area contributed by atoms with Gasteiger partial charge in [0.2, 0.25) is 0 Å². The number of rotatable bonds is 2. The lowest BCUT2D eigenvalue weighted by molar-refractivity contribution is 0.0750. The Morgan fingerprint density at radius 2 is 2.07 bits per heavy atom. The van der Waals surface area contributed by atoms with Gasteiger partial charge < -0.3 is 10.6 Å². The lowest BCUT2D eigenvalue weighted by Gasteiger charge is -2.21. The Labute approximate surface area is 88.7 Å². The molecule has 4 heteroatoms. The summed E-state index contributed by atoms with van der Waals surface area (Å²) in [6.07, 6.45) is 0. The molecule has 0 aliphatic heterocycles. The fourth-order valence-corrected chi connectivity index (χ4v) is 1.13. The van der Waals surface area contributed by atoms with Gasteiger partial charge in [-0.1, -0.05) is 0 Å². The lowest BCUT2D eigenvalue weighted by Crippen LogP contribution is -2.33. The molecule has 0 saturated heterocycles. The molecule has 0 unspecified atom stereocenters. The molecule has 2 N–H and O–H groups in total. The molecule has 1 amide bonds. The molecule has 1 aromatic rings. The third-order valence-corrected chi connectivity index (χ3v) is 2.32. The summed E-state index contributed by atoms with van der Waals surface area (Å²) in [6.45, 7) is 3.74. The van der Waals surface area contributed by atoms with Crippen molar-refractivity contribution >= 4 is 11.6 Å². The van der Waals surface area contributed by atoms with E-state index in [4.69, 9.17) is 5.73 Å². The molecule has 0 fully saturated rings. The molecular weight excluding hydrogens is 195 g/mol. The third-order valence-electron chi connectivity index (χ3n) is 2.32. The van der Waals surface area contributed by atoms with Crippen LogP contribution in [0.5, 0.6) is 0 Å². The van der Waals surface area contributed by atoms with Crippen molar-refractivity contribution in [1.29, 1.82) is 0 Å². The zero-order valence-corrected chi connectivity index (χ0v) is 9.12. The number of carbonyl (C=O) groups is 1. The van der Waals surface area contributed by atoms with E-state index in [2.05, 4.69) is 0 Å². The normalized spacial score (nSPS) is 10.5. The average molecular weight is 210 g/mol. The molecule has 3 nitrogen and oxygen atoms in total. The van der Waals surface area contributed by atoms with Gasteiger partial charge in [0.15, 0.2) is 0 Å². The van der Waals surface area contributed by atoms with Gasteiger partial charge in [-0.25, -0.2) is 4.39 Å². The largest absolute Gasteiger partial charge is 0.399 e. The maximum absolute atomic E-state index is 13.4. The molecule has 0 radical (unpaired) electrons. The topological polar surface area (TPSA) is 46.3 Å². The van der Waals surface area contributed by atoms with E-state index in [0.29, 0.717) is 5.69 Å². The summed E-state index contributed by atoms with van der Waals surface area (Å²) in [5.41, 5.74) is 5.77. The molecule has 0 aliphatic rings. The third kappa shape index (κ3) is 2.46. The molecule has 15 heavy (non-hydrogen) atoms. The highest BCUT2D eigenvalue weighted by molar-refractivity contribution is 5.94. The van der Waals surface area contributed by atoms with Gasteiger partial charge >= 0.3 is 0 Å². The van der Waals surface area contributed by atoms with E-state index in [-0.39, 0.29) is 17.5 Å². The van der Waals surface area contributed by atoms with Gasteiger partial charge in [0.25, 0.3) is 5.91 Å². The first-order chi connectivity index (χ1) is 6.93. The summed E-state index contributed by atoms with van der Waals surface area (Å²) in [7, 11) is 1.64. The molecule has 0 bridgehead atoms. The van der Waals surface area contributed by atoms with Crippen LogP contribution in [-0.2, 0) is 0 Å². The second-order valence-corrected chi connectivity index (χ2v) is 3.75. The van der Waals surface area contributed by atoms with E-state index < -0.39 is 5.82 Å². The second-order valence-electron chi connectivity index (χ2n) is 3.75. The smallest absolute Gasteiger partial charge is 0.256 e. The standard InChI is InChI=1S/C11H15FN2O/c1-7(2)14(3)11(15)9-5-4-8(13)6-10(9)12/h4-7H,13H2,1-3H3. The average Bonchev–Trinajstić information content (AvgIpc) is 2.15. The first kappa shape index (κ1) is 11.5. The van der Waals surface area contributed by atoms with Crippen molar-refractivity contribution in [2.75, 3.05) is 12.8 Å². The molecule has 0 spiro atoms. The minimum atomic E-state index is -0.576.